The number of halogens is 3. The Kier molecular flexibility index (Phi) is 3.86. The van der Waals surface area contributed by atoms with Crippen LogP contribution in [0.15, 0.2) is 0 Å². The van der Waals surface area contributed by atoms with Gasteiger partial charge in [-0.1, -0.05) is 13.8 Å². The molecule has 0 aliphatic carbocycles. The fraction of sp³-hybridized carbons (Fsp3) is 1.00. The summed E-state index contributed by atoms with van der Waals surface area (Å²) >= 11 is 0. The molecule has 11 heavy (non-hydrogen) atoms. The summed E-state index contributed by atoms with van der Waals surface area (Å²) in [5, 5.41) is 2.25. The SMILES string of the molecule is CNC(CC(C)C)C(F)(F)F. The van der Waals surface area contributed by atoms with Crippen LogP contribution in [-0.2, 0) is 0 Å². The van der Waals surface area contributed by atoms with Crippen molar-refractivity contribution in [1.29, 1.82) is 0 Å². The highest BCUT2D eigenvalue weighted by Gasteiger charge is 2.38. The minimum absolute atomic E-state index is 0.0640. The third kappa shape index (κ3) is 4.24. The second-order valence-corrected chi connectivity index (χ2v) is 3.01. The van der Waals surface area contributed by atoms with Crippen LogP contribution < -0.4 is 5.32 Å². The summed E-state index contributed by atoms with van der Waals surface area (Å²) in [6.07, 6.45) is -3.97. The van der Waals surface area contributed by atoms with Crippen LogP contribution in [0.5, 0.6) is 0 Å². The zero-order valence-corrected chi connectivity index (χ0v) is 7.00. The van der Waals surface area contributed by atoms with Gasteiger partial charge in [-0.15, -0.1) is 0 Å². The fourth-order valence-corrected chi connectivity index (χ4v) is 0.887. The third-order valence-corrected chi connectivity index (χ3v) is 1.45. The standard InChI is InChI=1S/C7H14F3N/c1-5(2)4-6(11-3)7(8,9)10/h5-6,11H,4H2,1-3H3. The van der Waals surface area contributed by atoms with E-state index < -0.39 is 12.2 Å². The van der Waals surface area contributed by atoms with Gasteiger partial charge < -0.3 is 5.32 Å². The summed E-state index contributed by atoms with van der Waals surface area (Å²) in [6.45, 7) is 3.55. The Bertz CT molecular complexity index is 109. The summed E-state index contributed by atoms with van der Waals surface area (Å²) in [5.41, 5.74) is 0. The van der Waals surface area contributed by atoms with Crippen molar-refractivity contribution in [2.75, 3.05) is 7.05 Å². The summed E-state index contributed by atoms with van der Waals surface area (Å²) in [4.78, 5) is 0. The Hall–Kier alpha value is -0.250. The highest BCUT2D eigenvalue weighted by atomic mass is 19.4. The van der Waals surface area contributed by atoms with Gasteiger partial charge >= 0.3 is 6.18 Å². The molecule has 1 atom stereocenters. The number of hydrogen-bond acceptors (Lipinski definition) is 1. The normalized spacial score (nSPS) is 15.5. The van der Waals surface area contributed by atoms with E-state index in [2.05, 4.69) is 5.32 Å². The van der Waals surface area contributed by atoms with Crippen LogP contribution in [0.2, 0.25) is 0 Å². The van der Waals surface area contributed by atoms with Crippen LogP contribution >= 0.6 is 0 Å². The van der Waals surface area contributed by atoms with E-state index in [0.29, 0.717) is 0 Å². The highest BCUT2D eigenvalue weighted by Crippen LogP contribution is 2.24. The van der Waals surface area contributed by atoms with E-state index in [4.69, 9.17) is 0 Å². The van der Waals surface area contributed by atoms with Crippen molar-refractivity contribution in [2.24, 2.45) is 5.92 Å². The number of alkyl halides is 3. The lowest BCUT2D eigenvalue weighted by atomic mass is 10.0. The lowest BCUT2D eigenvalue weighted by Gasteiger charge is -2.20. The average molecular weight is 169 g/mol. The molecule has 0 aliphatic heterocycles. The monoisotopic (exact) mass is 169 g/mol. The summed E-state index contributed by atoms with van der Waals surface area (Å²) < 4.78 is 36.1. The van der Waals surface area contributed by atoms with Crippen LogP contribution in [0, 0.1) is 5.92 Å². The van der Waals surface area contributed by atoms with E-state index in [0.717, 1.165) is 0 Å². The number of nitrogens with one attached hydrogen (secondary N) is 1. The average Bonchev–Trinajstić information content (AvgIpc) is 1.79. The predicted molar refractivity (Wildman–Crippen MR) is 38.4 cm³/mol. The van der Waals surface area contributed by atoms with Crippen LogP contribution in [0.25, 0.3) is 0 Å². The first-order chi connectivity index (χ1) is 4.88. The van der Waals surface area contributed by atoms with E-state index in [1.807, 2.05) is 0 Å². The molecule has 0 aliphatic rings. The van der Waals surface area contributed by atoms with Crippen molar-refractivity contribution in [1.82, 2.24) is 5.32 Å². The molecule has 0 aromatic heterocycles. The first kappa shape index (κ1) is 10.8. The molecule has 0 rings (SSSR count). The van der Waals surface area contributed by atoms with Crippen molar-refractivity contribution in [3.8, 4) is 0 Å². The molecule has 1 N–H and O–H groups in total. The number of rotatable bonds is 3. The van der Waals surface area contributed by atoms with Gasteiger partial charge in [-0.2, -0.15) is 13.2 Å². The van der Waals surface area contributed by atoms with Crippen molar-refractivity contribution in [2.45, 2.75) is 32.5 Å². The van der Waals surface area contributed by atoms with Gasteiger partial charge in [-0.05, 0) is 19.4 Å². The van der Waals surface area contributed by atoms with Crippen molar-refractivity contribution in [3.63, 3.8) is 0 Å². The minimum atomic E-state index is -4.11. The molecule has 0 spiro atoms. The van der Waals surface area contributed by atoms with E-state index in [9.17, 15) is 13.2 Å². The molecule has 0 amide bonds. The second kappa shape index (κ2) is 3.95. The maximum atomic E-state index is 12.0. The summed E-state index contributed by atoms with van der Waals surface area (Å²) in [7, 11) is 1.33. The molecule has 0 saturated heterocycles. The maximum absolute atomic E-state index is 12.0. The smallest absolute Gasteiger partial charge is 0.309 e. The van der Waals surface area contributed by atoms with Gasteiger partial charge in [-0.25, -0.2) is 0 Å². The second-order valence-electron chi connectivity index (χ2n) is 3.01. The molecule has 68 valence electrons. The predicted octanol–water partition coefficient (Wildman–Crippen LogP) is 2.18. The molecule has 0 radical (unpaired) electrons. The zero-order chi connectivity index (χ0) is 9.07. The van der Waals surface area contributed by atoms with E-state index in [1.54, 1.807) is 13.8 Å². The zero-order valence-electron chi connectivity index (χ0n) is 7.00. The molecule has 0 aromatic carbocycles. The lowest BCUT2D eigenvalue weighted by Crippen LogP contribution is -2.40. The van der Waals surface area contributed by atoms with Crippen LogP contribution in [0.3, 0.4) is 0 Å². The summed E-state index contributed by atoms with van der Waals surface area (Å²) in [6, 6.07) is -1.36. The van der Waals surface area contributed by atoms with Gasteiger partial charge in [0.1, 0.15) is 6.04 Å². The van der Waals surface area contributed by atoms with Crippen LogP contribution in [0.1, 0.15) is 20.3 Å². The maximum Gasteiger partial charge on any atom is 0.403 e. The first-order valence-electron chi connectivity index (χ1n) is 3.62. The molecule has 0 fully saturated rings. The van der Waals surface area contributed by atoms with Gasteiger partial charge in [0, 0.05) is 0 Å². The molecule has 1 unspecified atom stereocenters. The third-order valence-electron chi connectivity index (χ3n) is 1.45. The van der Waals surface area contributed by atoms with Crippen molar-refractivity contribution in [3.05, 3.63) is 0 Å². The molecule has 0 heterocycles. The Morgan fingerprint density at radius 3 is 1.82 bits per heavy atom. The Labute approximate surface area is 65.0 Å². The van der Waals surface area contributed by atoms with Crippen molar-refractivity contribution < 1.29 is 13.2 Å². The Morgan fingerprint density at radius 2 is 1.73 bits per heavy atom. The quantitative estimate of drug-likeness (QED) is 0.682. The van der Waals surface area contributed by atoms with E-state index >= 15 is 0 Å². The molecule has 4 heteroatoms. The van der Waals surface area contributed by atoms with Gasteiger partial charge in [0.25, 0.3) is 0 Å². The molecule has 0 saturated carbocycles. The van der Waals surface area contributed by atoms with Gasteiger partial charge in [0.2, 0.25) is 0 Å². The van der Waals surface area contributed by atoms with E-state index in [-0.39, 0.29) is 12.3 Å². The molecular formula is C7H14F3N. The van der Waals surface area contributed by atoms with E-state index in [1.165, 1.54) is 7.05 Å². The molecular weight excluding hydrogens is 155 g/mol. The van der Waals surface area contributed by atoms with Crippen molar-refractivity contribution >= 4 is 0 Å². The van der Waals surface area contributed by atoms with Crippen LogP contribution in [0.4, 0.5) is 13.2 Å². The largest absolute Gasteiger partial charge is 0.403 e. The van der Waals surface area contributed by atoms with Gasteiger partial charge in [0.05, 0.1) is 0 Å². The van der Waals surface area contributed by atoms with Gasteiger partial charge in [-0.3, -0.25) is 0 Å². The highest BCUT2D eigenvalue weighted by molar-refractivity contribution is 4.74. The summed E-state index contributed by atoms with van der Waals surface area (Å²) in [5.74, 6) is 0.0640. The lowest BCUT2D eigenvalue weighted by molar-refractivity contribution is -0.157. The molecule has 0 aromatic rings. The Balaban J connectivity index is 3.96. The first-order valence-corrected chi connectivity index (χ1v) is 3.62. The minimum Gasteiger partial charge on any atom is -0.309 e. The Morgan fingerprint density at radius 1 is 1.27 bits per heavy atom. The van der Waals surface area contributed by atoms with Gasteiger partial charge in [0.15, 0.2) is 0 Å². The fourth-order valence-electron chi connectivity index (χ4n) is 0.887. The van der Waals surface area contributed by atoms with Crippen LogP contribution in [-0.4, -0.2) is 19.3 Å². The number of hydrogen-bond donors (Lipinski definition) is 1. The molecule has 0 bridgehead atoms. The topological polar surface area (TPSA) is 12.0 Å². The molecule has 1 nitrogen and oxygen atoms in total.